The summed E-state index contributed by atoms with van der Waals surface area (Å²) < 4.78 is 0.964. The highest BCUT2D eigenvalue weighted by atomic mass is 79.9. The van der Waals surface area contributed by atoms with Crippen LogP contribution in [0.4, 0.5) is 0 Å². The van der Waals surface area contributed by atoms with Crippen LogP contribution in [-0.4, -0.2) is 30.4 Å². The van der Waals surface area contributed by atoms with Gasteiger partial charge < -0.3 is 10.2 Å². The van der Waals surface area contributed by atoms with E-state index in [0.29, 0.717) is 18.1 Å². The fourth-order valence-corrected chi connectivity index (χ4v) is 2.96. The Balaban J connectivity index is 1.78. The second kappa shape index (κ2) is 7.27. The van der Waals surface area contributed by atoms with E-state index in [0.717, 1.165) is 36.0 Å². The second-order valence-corrected chi connectivity index (χ2v) is 6.10. The molecule has 104 valence electrons. The number of nitrogens with zero attached hydrogens (tertiary/aromatic N) is 1. The van der Waals surface area contributed by atoms with Crippen LogP contribution in [0.5, 0.6) is 0 Å². The fourth-order valence-electron chi connectivity index (χ4n) is 2.22. The number of halogens is 2. The Kier molecular flexibility index (Phi) is 5.67. The smallest absolute Gasteiger partial charge is 0.236 e. The van der Waals surface area contributed by atoms with E-state index >= 15 is 0 Å². The van der Waals surface area contributed by atoms with Gasteiger partial charge in [-0.15, -0.1) is 0 Å². The molecular weight excluding hydrogens is 328 g/mol. The predicted octanol–water partition coefficient (Wildman–Crippen LogP) is 3.20. The molecule has 0 atom stereocenters. The minimum absolute atomic E-state index is 0.188. The molecule has 0 spiro atoms. The topological polar surface area (TPSA) is 32.3 Å². The molecule has 1 aliphatic heterocycles. The molecule has 1 amide bonds. The summed E-state index contributed by atoms with van der Waals surface area (Å²) in [5.41, 5.74) is 1.01. The Morgan fingerprint density at radius 2 is 2.05 bits per heavy atom. The highest BCUT2D eigenvalue weighted by Crippen LogP contribution is 2.21. The van der Waals surface area contributed by atoms with Gasteiger partial charge in [-0.3, -0.25) is 4.79 Å². The highest BCUT2D eigenvalue weighted by molar-refractivity contribution is 9.10. The summed E-state index contributed by atoms with van der Waals surface area (Å²) in [7, 11) is 0. The molecule has 19 heavy (non-hydrogen) atoms. The Morgan fingerprint density at radius 3 is 2.74 bits per heavy atom. The number of benzene rings is 1. The van der Waals surface area contributed by atoms with E-state index in [1.807, 2.05) is 23.1 Å². The maximum absolute atomic E-state index is 12.0. The van der Waals surface area contributed by atoms with Crippen LogP contribution >= 0.6 is 27.5 Å². The second-order valence-electron chi connectivity index (χ2n) is 4.78. The first-order valence-corrected chi connectivity index (χ1v) is 7.76. The van der Waals surface area contributed by atoms with E-state index < -0.39 is 0 Å². The number of hydrogen-bond acceptors (Lipinski definition) is 2. The van der Waals surface area contributed by atoms with Crippen LogP contribution in [-0.2, 0) is 11.3 Å². The first-order chi connectivity index (χ1) is 9.16. The maximum atomic E-state index is 12.0. The number of piperidine rings is 1. The first kappa shape index (κ1) is 14.8. The third-order valence-corrected chi connectivity index (χ3v) is 4.16. The average Bonchev–Trinajstić information content (AvgIpc) is 2.42. The van der Waals surface area contributed by atoms with Crippen molar-refractivity contribution in [3.05, 3.63) is 33.3 Å². The number of amides is 1. The largest absolute Gasteiger partial charge is 0.342 e. The standard InChI is InChI=1S/C14H18BrClN2O/c15-12-5-4-11(13(16)8-12)9-17-10-14(19)18-6-2-1-3-7-18/h4-5,8,17H,1-3,6-7,9-10H2. The lowest BCUT2D eigenvalue weighted by atomic mass is 10.1. The molecule has 1 N–H and O–H groups in total. The number of carbonyl (C=O) groups excluding carboxylic acids is 1. The van der Waals surface area contributed by atoms with Crippen molar-refractivity contribution in [3.63, 3.8) is 0 Å². The van der Waals surface area contributed by atoms with Crippen molar-refractivity contribution in [3.8, 4) is 0 Å². The lowest BCUT2D eigenvalue weighted by Gasteiger charge is -2.26. The van der Waals surface area contributed by atoms with E-state index in [1.165, 1.54) is 6.42 Å². The van der Waals surface area contributed by atoms with Crippen molar-refractivity contribution in [1.82, 2.24) is 10.2 Å². The molecule has 1 aliphatic rings. The van der Waals surface area contributed by atoms with Crippen molar-refractivity contribution >= 4 is 33.4 Å². The van der Waals surface area contributed by atoms with Crippen LogP contribution in [0.3, 0.4) is 0 Å². The highest BCUT2D eigenvalue weighted by Gasteiger charge is 2.15. The van der Waals surface area contributed by atoms with Gasteiger partial charge in [-0.2, -0.15) is 0 Å². The van der Waals surface area contributed by atoms with E-state index in [-0.39, 0.29) is 5.91 Å². The SMILES string of the molecule is O=C(CNCc1ccc(Br)cc1Cl)N1CCCCC1. The number of rotatable bonds is 4. The molecule has 3 nitrogen and oxygen atoms in total. The van der Waals surface area contributed by atoms with Gasteiger partial charge in [0.2, 0.25) is 5.91 Å². The molecule has 0 aromatic heterocycles. The zero-order valence-corrected chi connectivity index (χ0v) is 13.1. The summed E-state index contributed by atoms with van der Waals surface area (Å²) in [5.74, 6) is 0.188. The van der Waals surface area contributed by atoms with Gasteiger partial charge in [-0.05, 0) is 37.0 Å². The van der Waals surface area contributed by atoms with Gasteiger partial charge in [0.15, 0.2) is 0 Å². The molecule has 0 radical (unpaired) electrons. The van der Waals surface area contributed by atoms with Gasteiger partial charge >= 0.3 is 0 Å². The molecule has 0 unspecified atom stereocenters. The fraction of sp³-hybridized carbons (Fsp3) is 0.500. The third kappa shape index (κ3) is 4.48. The molecule has 5 heteroatoms. The predicted molar refractivity (Wildman–Crippen MR) is 81.3 cm³/mol. The van der Waals surface area contributed by atoms with Crippen LogP contribution in [0.2, 0.25) is 5.02 Å². The van der Waals surface area contributed by atoms with E-state index in [2.05, 4.69) is 21.2 Å². The molecule has 0 bridgehead atoms. The molecular formula is C14H18BrClN2O. The van der Waals surface area contributed by atoms with Crippen molar-refractivity contribution in [1.29, 1.82) is 0 Å². The Labute approximate surface area is 127 Å². The average molecular weight is 346 g/mol. The summed E-state index contributed by atoms with van der Waals surface area (Å²) in [6.07, 6.45) is 3.50. The van der Waals surface area contributed by atoms with Gasteiger partial charge in [0, 0.05) is 29.1 Å². The van der Waals surface area contributed by atoms with Gasteiger partial charge in [-0.1, -0.05) is 33.6 Å². The quantitative estimate of drug-likeness (QED) is 0.909. The molecule has 1 aromatic rings. The van der Waals surface area contributed by atoms with Crippen molar-refractivity contribution < 1.29 is 4.79 Å². The Morgan fingerprint density at radius 1 is 1.32 bits per heavy atom. The first-order valence-electron chi connectivity index (χ1n) is 6.59. The molecule has 1 aromatic carbocycles. The summed E-state index contributed by atoms with van der Waals surface area (Å²) in [6.45, 7) is 2.80. The number of likely N-dealkylation sites (tertiary alicyclic amines) is 1. The minimum Gasteiger partial charge on any atom is -0.342 e. The van der Waals surface area contributed by atoms with E-state index in [1.54, 1.807) is 0 Å². The van der Waals surface area contributed by atoms with Crippen LogP contribution in [0.25, 0.3) is 0 Å². The minimum atomic E-state index is 0.188. The summed E-state index contributed by atoms with van der Waals surface area (Å²) in [6, 6.07) is 5.78. The Bertz CT molecular complexity index is 447. The van der Waals surface area contributed by atoms with Gasteiger partial charge in [0.25, 0.3) is 0 Å². The van der Waals surface area contributed by atoms with E-state index in [9.17, 15) is 4.79 Å². The van der Waals surface area contributed by atoms with Crippen LogP contribution in [0.1, 0.15) is 24.8 Å². The normalized spacial score (nSPS) is 15.6. The van der Waals surface area contributed by atoms with Crippen LogP contribution in [0, 0.1) is 0 Å². The zero-order valence-electron chi connectivity index (χ0n) is 10.8. The van der Waals surface area contributed by atoms with Crippen LogP contribution in [0.15, 0.2) is 22.7 Å². The zero-order chi connectivity index (χ0) is 13.7. The maximum Gasteiger partial charge on any atom is 0.236 e. The van der Waals surface area contributed by atoms with E-state index in [4.69, 9.17) is 11.6 Å². The molecule has 1 heterocycles. The summed E-state index contributed by atoms with van der Waals surface area (Å²) >= 11 is 9.50. The number of hydrogen-bond donors (Lipinski definition) is 1. The summed E-state index contributed by atoms with van der Waals surface area (Å²) in [5, 5.41) is 3.88. The monoisotopic (exact) mass is 344 g/mol. The van der Waals surface area contributed by atoms with Crippen LogP contribution < -0.4 is 5.32 Å². The molecule has 1 saturated heterocycles. The third-order valence-electron chi connectivity index (χ3n) is 3.32. The lowest BCUT2D eigenvalue weighted by Crippen LogP contribution is -2.40. The molecule has 0 saturated carbocycles. The molecule has 2 rings (SSSR count). The van der Waals surface area contributed by atoms with Crippen molar-refractivity contribution in [2.24, 2.45) is 0 Å². The molecule has 0 aliphatic carbocycles. The lowest BCUT2D eigenvalue weighted by molar-refractivity contribution is -0.131. The number of nitrogens with one attached hydrogen (secondary N) is 1. The summed E-state index contributed by atoms with van der Waals surface area (Å²) in [4.78, 5) is 13.9. The van der Waals surface area contributed by atoms with Gasteiger partial charge in [0.05, 0.1) is 6.54 Å². The Hall–Kier alpha value is -0.580. The van der Waals surface area contributed by atoms with Gasteiger partial charge in [0.1, 0.15) is 0 Å². The van der Waals surface area contributed by atoms with Crippen molar-refractivity contribution in [2.45, 2.75) is 25.8 Å². The van der Waals surface area contributed by atoms with Gasteiger partial charge in [-0.25, -0.2) is 0 Å². The van der Waals surface area contributed by atoms with Crippen molar-refractivity contribution in [2.75, 3.05) is 19.6 Å². The molecule has 1 fully saturated rings. The number of carbonyl (C=O) groups is 1.